The predicted octanol–water partition coefficient (Wildman–Crippen LogP) is 4.46. The molecule has 0 bridgehead atoms. The quantitative estimate of drug-likeness (QED) is 0.454. The SMILES string of the molecule is CCC[C@@H](CC(=O)NCC(C(=O)O)C(F)(F)F)NC(=O)OCC1c2ccccc2-c2ccccc21. The molecule has 188 valence electrons. The summed E-state index contributed by atoms with van der Waals surface area (Å²) in [7, 11) is 0. The van der Waals surface area contributed by atoms with Gasteiger partial charge in [-0.25, -0.2) is 4.79 Å². The van der Waals surface area contributed by atoms with Crippen molar-refractivity contribution in [1.82, 2.24) is 10.6 Å². The molecule has 2 atom stereocenters. The van der Waals surface area contributed by atoms with Crippen LogP contribution in [0.5, 0.6) is 0 Å². The third kappa shape index (κ3) is 6.52. The van der Waals surface area contributed by atoms with Crippen molar-refractivity contribution in [2.24, 2.45) is 5.92 Å². The van der Waals surface area contributed by atoms with Gasteiger partial charge in [-0.15, -0.1) is 0 Å². The lowest BCUT2D eigenvalue weighted by atomic mass is 9.98. The van der Waals surface area contributed by atoms with Crippen molar-refractivity contribution in [1.29, 1.82) is 0 Å². The number of carboxylic acid groups (broad SMARTS) is 1. The van der Waals surface area contributed by atoms with Gasteiger partial charge in [0.15, 0.2) is 5.92 Å². The molecular weight excluding hydrogens is 465 g/mol. The number of benzene rings is 2. The summed E-state index contributed by atoms with van der Waals surface area (Å²) in [5.74, 6) is -5.71. The number of aliphatic carboxylic acids is 1. The standard InChI is InChI=1S/C25H27F3N2O5/c1-2-7-15(12-22(31)29-13-21(23(32)33)25(26,27)28)30-24(34)35-14-20-18-10-5-3-8-16(18)17-9-4-6-11-19(17)20/h3-6,8-11,15,20-21H,2,7,12-14H2,1H3,(H,29,31)(H,30,34)(H,32,33)/t15-,21?/m0/s1. The van der Waals surface area contributed by atoms with E-state index in [0.717, 1.165) is 22.3 Å². The number of alkyl halides is 3. The zero-order valence-electron chi connectivity index (χ0n) is 19.1. The summed E-state index contributed by atoms with van der Waals surface area (Å²) in [4.78, 5) is 35.4. The van der Waals surface area contributed by atoms with Crippen LogP contribution in [-0.4, -0.2) is 48.4 Å². The molecule has 0 aliphatic heterocycles. The van der Waals surface area contributed by atoms with Gasteiger partial charge >= 0.3 is 18.2 Å². The molecule has 0 aromatic heterocycles. The fourth-order valence-electron chi connectivity index (χ4n) is 4.24. The molecule has 3 N–H and O–H groups in total. The van der Waals surface area contributed by atoms with Gasteiger partial charge in [-0.05, 0) is 28.7 Å². The van der Waals surface area contributed by atoms with E-state index in [0.29, 0.717) is 12.8 Å². The number of rotatable bonds is 10. The third-order valence-corrected chi connectivity index (χ3v) is 5.93. The number of carboxylic acids is 1. The van der Waals surface area contributed by atoms with Crippen LogP contribution in [0.25, 0.3) is 11.1 Å². The van der Waals surface area contributed by atoms with E-state index in [9.17, 15) is 27.6 Å². The first-order chi connectivity index (χ1) is 16.6. The Labute approximate surface area is 200 Å². The Bertz CT molecular complexity index is 1030. The average Bonchev–Trinajstić information content (AvgIpc) is 3.10. The molecule has 2 amide bonds. The predicted molar refractivity (Wildman–Crippen MR) is 122 cm³/mol. The minimum absolute atomic E-state index is 0.0801. The highest BCUT2D eigenvalue weighted by molar-refractivity contribution is 5.80. The first-order valence-corrected chi connectivity index (χ1v) is 11.3. The van der Waals surface area contributed by atoms with Gasteiger partial charge in [0, 0.05) is 24.9 Å². The molecule has 0 spiro atoms. The number of carbonyl (C=O) groups is 3. The summed E-state index contributed by atoms with van der Waals surface area (Å²) in [6, 6.07) is 15.0. The second-order valence-corrected chi connectivity index (χ2v) is 8.40. The second kappa shape index (κ2) is 11.2. The van der Waals surface area contributed by atoms with Crippen molar-refractivity contribution in [3.05, 3.63) is 59.7 Å². The first kappa shape index (κ1) is 26.1. The molecule has 3 rings (SSSR count). The molecule has 0 heterocycles. The number of ether oxygens (including phenoxy) is 1. The van der Waals surface area contributed by atoms with Crippen LogP contribution in [0.1, 0.15) is 43.2 Å². The van der Waals surface area contributed by atoms with Crippen LogP contribution in [0.2, 0.25) is 0 Å². The molecular formula is C25H27F3N2O5. The molecule has 0 saturated carbocycles. The smallest absolute Gasteiger partial charge is 0.407 e. The van der Waals surface area contributed by atoms with Gasteiger partial charge in [0.25, 0.3) is 0 Å². The van der Waals surface area contributed by atoms with E-state index < -0.39 is 42.7 Å². The number of fused-ring (bicyclic) bond motifs is 3. The van der Waals surface area contributed by atoms with E-state index in [1.807, 2.05) is 60.8 Å². The lowest BCUT2D eigenvalue weighted by molar-refractivity contribution is -0.192. The summed E-state index contributed by atoms with van der Waals surface area (Å²) in [6.45, 7) is 0.826. The number of hydrogen-bond donors (Lipinski definition) is 3. The fourth-order valence-corrected chi connectivity index (χ4v) is 4.24. The zero-order valence-corrected chi connectivity index (χ0v) is 19.1. The van der Waals surface area contributed by atoms with Gasteiger partial charge in [0.05, 0.1) is 0 Å². The van der Waals surface area contributed by atoms with Gasteiger partial charge in [-0.2, -0.15) is 13.2 Å². The van der Waals surface area contributed by atoms with Gasteiger partial charge in [-0.3, -0.25) is 9.59 Å². The fraction of sp³-hybridized carbons (Fsp3) is 0.400. The second-order valence-electron chi connectivity index (χ2n) is 8.40. The van der Waals surface area contributed by atoms with Crippen LogP contribution in [0, 0.1) is 5.92 Å². The lowest BCUT2D eigenvalue weighted by Gasteiger charge is -2.20. The molecule has 7 nitrogen and oxygen atoms in total. The summed E-state index contributed by atoms with van der Waals surface area (Å²) in [6.07, 6.45) is -5.04. The molecule has 35 heavy (non-hydrogen) atoms. The molecule has 0 saturated heterocycles. The summed E-state index contributed by atoms with van der Waals surface area (Å²) >= 11 is 0. The van der Waals surface area contributed by atoms with E-state index in [-0.39, 0.29) is 18.9 Å². The monoisotopic (exact) mass is 492 g/mol. The van der Waals surface area contributed by atoms with Crippen molar-refractivity contribution in [3.63, 3.8) is 0 Å². The number of nitrogens with one attached hydrogen (secondary N) is 2. The van der Waals surface area contributed by atoms with E-state index in [4.69, 9.17) is 9.84 Å². The maximum atomic E-state index is 12.8. The van der Waals surface area contributed by atoms with Gasteiger partial charge < -0.3 is 20.5 Å². The van der Waals surface area contributed by atoms with Crippen LogP contribution in [0.3, 0.4) is 0 Å². The molecule has 2 aromatic rings. The Morgan fingerprint density at radius 3 is 2.11 bits per heavy atom. The Kier molecular flexibility index (Phi) is 8.37. The Morgan fingerprint density at radius 2 is 1.60 bits per heavy atom. The van der Waals surface area contributed by atoms with E-state index in [1.165, 1.54) is 0 Å². The Hall–Kier alpha value is -3.56. The van der Waals surface area contributed by atoms with Gasteiger partial charge in [0.2, 0.25) is 5.91 Å². The van der Waals surface area contributed by atoms with Crippen molar-refractivity contribution in [2.45, 2.75) is 44.3 Å². The maximum absolute atomic E-state index is 12.8. The minimum atomic E-state index is -4.98. The van der Waals surface area contributed by atoms with Crippen LogP contribution >= 0.6 is 0 Å². The summed E-state index contributed by atoms with van der Waals surface area (Å²) in [5.41, 5.74) is 4.25. The van der Waals surface area contributed by atoms with E-state index >= 15 is 0 Å². The number of amides is 2. The Morgan fingerprint density at radius 1 is 1.03 bits per heavy atom. The van der Waals surface area contributed by atoms with Crippen LogP contribution in [-0.2, 0) is 14.3 Å². The number of hydrogen-bond acceptors (Lipinski definition) is 4. The summed E-state index contributed by atoms with van der Waals surface area (Å²) < 4.78 is 43.8. The van der Waals surface area contributed by atoms with Crippen LogP contribution in [0.4, 0.5) is 18.0 Å². The van der Waals surface area contributed by atoms with Crippen molar-refractivity contribution >= 4 is 18.0 Å². The molecule has 0 fully saturated rings. The number of halogens is 3. The number of alkyl carbamates (subject to hydrolysis) is 1. The lowest BCUT2D eigenvalue weighted by Crippen LogP contribution is -2.44. The molecule has 1 aliphatic carbocycles. The highest BCUT2D eigenvalue weighted by atomic mass is 19.4. The summed E-state index contributed by atoms with van der Waals surface area (Å²) in [5, 5.41) is 13.3. The van der Waals surface area contributed by atoms with Gasteiger partial charge in [-0.1, -0.05) is 61.9 Å². The average molecular weight is 492 g/mol. The highest BCUT2D eigenvalue weighted by Crippen LogP contribution is 2.44. The Balaban J connectivity index is 1.56. The van der Waals surface area contributed by atoms with E-state index in [1.54, 1.807) is 0 Å². The largest absolute Gasteiger partial charge is 0.481 e. The van der Waals surface area contributed by atoms with Crippen molar-refractivity contribution in [3.8, 4) is 11.1 Å². The van der Waals surface area contributed by atoms with Gasteiger partial charge in [0.1, 0.15) is 6.61 Å². The topological polar surface area (TPSA) is 105 Å². The van der Waals surface area contributed by atoms with Crippen molar-refractivity contribution < 1.29 is 37.4 Å². The zero-order chi connectivity index (χ0) is 25.6. The van der Waals surface area contributed by atoms with Crippen molar-refractivity contribution in [2.75, 3.05) is 13.2 Å². The molecule has 1 aliphatic rings. The molecule has 0 radical (unpaired) electrons. The molecule has 1 unspecified atom stereocenters. The first-order valence-electron chi connectivity index (χ1n) is 11.3. The normalized spacial score (nSPS) is 14.4. The molecule has 10 heteroatoms. The maximum Gasteiger partial charge on any atom is 0.407 e. The highest BCUT2D eigenvalue weighted by Gasteiger charge is 2.45. The molecule has 2 aromatic carbocycles. The minimum Gasteiger partial charge on any atom is -0.481 e. The van der Waals surface area contributed by atoms with Crippen LogP contribution < -0.4 is 10.6 Å². The van der Waals surface area contributed by atoms with E-state index in [2.05, 4.69) is 5.32 Å². The third-order valence-electron chi connectivity index (χ3n) is 5.93. The number of carbonyl (C=O) groups excluding carboxylic acids is 2. The van der Waals surface area contributed by atoms with Crippen LogP contribution in [0.15, 0.2) is 48.5 Å².